The van der Waals surface area contributed by atoms with Gasteiger partial charge in [0, 0.05) is 43.3 Å². The Morgan fingerprint density at radius 2 is 1.34 bits per heavy atom. The van der Waals surface area contributed by atoms with Crippen LogP contribution >= 0.6 is 11.3 Å². The Morgan fingerprint density at radius 3 is 2.06 bits per heavy atom. The quantitative estimate of drug-likeness (QED) is 0.113. The lowest BCUT2D eigenvalue weighted by Crippen LogP contribution is -2.35. The van der Waals surface area contributed by atoms with E-state index in [9.17, 15) is 0 Å². The number of rotatable bonds is 9. The monoisotopic (exact) mass is 863 g/mol. The molecule has 0 spiro atoms. The molecule has 7 aromatic carbocycles. The number of nitrogens with one attached hydrogen (secondary N) is 1. The maximum absolute atomic E-state index is 3.91. The molecule has 1 aliphatic carbocycles. The molecule has 0 fully saturated rings. The van der Waals surface area contributed by atoms with Gasteiger partial charge in [0.2, 0.25) is 7.28 Å². The van der Waals surface area contributed by atoms with Gasteiger partial charge in [0.25, 0.3) is 0 Å². The van der Waals surface area contributed by atoms with Gasteiger partial charge >= 0.3 is 0 Å². The zero-order valence-corrected chi connectivity index (χ0v) is 40.3. The highest BCUT2D eigenvalue weighted by Gasteiger charge is 2.39. The zero-order valence-electron chi connectivity index (χ0n) is 39.5. The Labute approximate surface area is 391 Å². The summed E-state index contributed by atoms with van der Waals surface area (Å²) in [6.07, 6.45) is 7.22. The molecule has 2 nitrogen and oxygen atoms in total. The average Bonchev–Trinajstić information content (AvgIpc) is 3.84. The fraction of sp³-hybridized carbons (Fsp3) is 0.279. The summed E-state index contributed by atoms with van der Waals surface area (Å²) in [4.78, 5) is 0. The summed E-state index contributed by atoms with van der Waals surface area (Å²) in [7, 11) is 2.53. The Kier molecular flexibility index (Phi) is 10.1. The Balaban J connectivity index is 1.22. The van der Waals surface area contributed by atoms with E-state index in [2.05, 4.69) is 212 Å². The number of fused-ring (bicyclic) bond motifs is 8. The standard InChI is InChI=1S/C61H60BN2S/c1-9-10-12-17-38-22-29-43(30-23-38)63-51-21-16-15-20-44(51)46-35-45(40-24-27-42(28-25-40)59(2,3)4)54-47-36-49-50(61(7,8)33-32-60(49,5)6)37-52(47)64-56-48-34-41(39-18-13-11-14-19-39)26-31-53(48)65-58(56)62-55(46)57(54)64/h11,13-16,18-31,34-37,63H,9-10,12,17,32-33H2,1-8H3. The van der Waals surface area contributed by atoms with Crippen LogP contribution in [0.3, 0.4) is 0 Å². The molecule has 2 aliphatic rings. The fourth-order valence-corrected chi connectivity index (χ4v) is 12.1. The number of para-hydroxylation sites is 1. The highest BCUT2D eigenvalue weighted by Crippen LogP contribution is 2.51. The minimum atomic E-state index is 0.0550. The predicted molar refractivity (Wildman–Crippen MR) is 284 cm³/mol. The summed E-state index contributed by atoms with van der Waals surface area (Å²) in [5.41, 5.74) is 20.8. The van der Waals surface area contributed by atoms with Gasteiger partial charge in [-0.1, -0.05) is 159 Å². The molecule has 9 aromatic rings. The third-order valence-corrected chi connectivity index (χ3v) is 16.0. The van der Waals surface area contributed by atoms with E-state index in [4.69, 9.17) is 0 Å². The number of anilines is 2. The third kappa shape index (κ3) is 7.15. The van der Waals surface area contributed by atoms with Crippen LogP contribution in [-0.4, -0.2) is 11.8 Å². The molecule has 1 radical (unpaired) electrons. The first-order valence-electron chi connectivity index (χ1n) is 24.0. The Hall–Kier alpha value is -5.84. The fourth-order valence-electron chi connectivity index (χ4n) is 11.0. The molecule has 323 valence electrons. The molecule has 1 N–H and O–H groups in total. The molecule has 0 amide bonds. The highest BCUT2D eigenvalue weighted by molar-refractivity contribution is 7.29. The number of hydrogen-bond acceptors (Lipinski definition) is 2. The van der Waals surface area contributed by atoms with Crippen LogP contribution in [0.1, 0.15) is 110 Å². The van der Waals surface area contributed by atoms with Crippen LogP contribution < -0.4 is 15.6 Å². The minimum Gasteiger partial charge on any atom is -0.355 e. The predicted octanol–water partition coefficient (Wildman–Crippen LogP) is 16.1. The van der Waals surface area contributed by atoms with Crippen molar-refractivity contribution in [1.82, 2.24) is 4.57 Å². The van der Waals surface area contributed by atoms with E-state index in [-0.39, 0.29) is 16.2 Å². The van der Waals surface area contributed by atoms with Gasteiger partial charge in [-0.15, -0.1) is 11.3 Å². The van der Waals surface area contributed by atoms with Crippen LogP contribution in [0.4, 0.5) is 11.4 Å². The number of benzene rings is 7. The van der Waals surface area contributed by atoms with Crippen molar-refractivity contribution in [3.8, 4) is 39.1 Å². The SMILES string of the molecule is CCCCCc1ccc(Nc2ccccc2-c2cc(-c3ccc(C(C)(C)C)cc3)c3c4cc5c(cc4n4c3c2[B]c2sc3ccc(-c6ccccc6)cc3c2-4)C(C)(C)CCC5(C)C)cc1. The van der Waals surface area contributed by atoms with Gasteiger partial charge in [-0.3, -0.25) is 0 Å². The summed E-state index contributed by atoms with van der Waals surface area (Å²) in [5, 5.41) is 7.90. The van der Waals surface area contributed by atoms with E-state index in [1.807, 2.05) is 11.3 Å². The normalized spacial score (nSPS) is 15.0. The van der Waals surface area contributed by atoms with Crippen LogP contribution in [0, 0.1) is 0 Å². The first kappa shape index (κ1) is 41.8. The lowest BCUT2D eigenvalue weighted by atomic mass is 9.62. The van der Waals surface area contributed by atoms with Gasteiger partial charge in [0.15, 0.2) is 0 Å². The van der Waals surface area contributed by atoms with Gasteiger partial charge in [0.1, 0.15) is 0 Å². The van der Waals surface area contributed by atoms with Crippen molar-refractivity contribution >= 4 is 72.1 Å². The summed E-state index contributed by atoms with van der Waals surface area (Å²) < 4.78 is 5.32. The summed E-state index contributed by atoms with van der Waals surface area (Å²) >= 11 is 1.92. The van der Waals surface area contributed by atoms with E-state index in [1.54, 1.807) is 0 Å². The minimum absolute atomic E-state index is 0.0550. The van der Waals surface area contributed by atoms with Crippen molar-refractivity contribution in [3.63, 3.8) is 0 Å². The molecule has 2 aromatic heterocycles. The Bertz CT molecular complexity index is 3280. The molecule has 3 heterocycles. The van der Waals surface area contributed by atoms with Gasteiger partial charge in [-0.25, -0.2) is 0 Å². The van der Waals surface area contributed by atoms with E-state index in [0.717, 1.165) is 17.8 Å². The third-order valence-electron chi connectivity index (χ3n) is 14.9. The maximum atomic E-state index is 3.91. The van der Waals surface area contributed by atoms with Crippen molar-refractivity contribution < 1.29 is 0 Å². The second-order valence-corrected chi connectivity index (χ2v) is 22.4. The maximum Gasteiger partial charge on any atom is 0.211 e. The zero-order chi connectivity index (χ0) is 44.8. The van der Waals surface area contributed by atoms with E-state index < -0.39 is 0 Å². The molecular weight excluding hydrogens is 804 g/mol. The summed E-state index contributed by atoms with van der Waals surface area (Å²) in [6.45, 7) is 19.1. The van der Waals surface area contributed by atoms with Crippen molar-refractivity contribution in [2.45, 2.75) is 110 Å². The molecule has 4 heteroatoms. The first-order chi connectivity index (χ1) is 31.3. The molecular formula is C61H60BN2S. The molecule has 65 heavy (non-hydrogen) atoms. The number of unbranched alkanes of at least 4 members (excludes halogenated alkanes) is 2. The number of hydrogen-bond donors (Lipinski definition) is 1. The van der Waals surface area contributed by atoms with E-state index >= 15 is 0 Å². The van der Waals surface area contributed by atoms with Crippen LogP contribution in [0.25, 0.3) is 71.0 Å². The van der Waals surface area contributed by atoms with Crippen molar-refractivity contribution in [3.05, 3.63) is 162 Å². The van der Waals surface area contributed by atoms with Crippen molar-refractivity contribution in [2.75, 3.05) is 5.32 Å². The lowest BCUT2D eigenvalue weighted by molar-refractivity contribution is 0.332. The highest BCUT2D eigenvalue weighted by atomic mass is 32.1. The number of thiophene rings is 1. The largest absolute Gasteiger partial charge is 0.355 e. The van der Waals surface area contributed by atoms with Crippen molar-refractivity contribution in [2.24, 2.45) is 0 Å². The lowest BCUT2D eigenvalue weighted by Gasteiger charge is -2.42. The van der Waals surface area contributed by atoms with Crippen LogP contribution in [0.5, 0.6) is 0 Å². The smallest absolute Gasteiger partial charge is 0.211 e. The first-order valence-corrected chi connectivity index (χ1v) is 24.8. The van der Waals surface area contributed by atoms with Gasteiger partial charge in [-0.2, -0.15) is 0 Å². The molecule has 0 unspecified atom stereocenters. The second kappa shape index (κ2) is 15.7. The molecule has 0 atom stereocenters. The molecule has 0 saturated carbocycles. The number of aryl methyl sites for hydroxylation is 1. The van der Waals surface area contributed by atoms with Gasteiger partial charge < -0.3 is 9.88 Å². The molecule has 0 bridgehead atoms. The van der Waals surface area contributed by atoms with E-state index in [0.29, 0.717) is 0 Å². The molecule has 0 saturated heterocycles. The summed E-state index contributed by atoms with van der Waals surface area (Å²) in [6, 6.07) is 53.3. The van der Waals surface area contributed by atoms with Crippen molar-refractivity contribution in [1.29, 1.82) is 0 Å². The molecule has 11 rings (SSSR count). The Morgan fingerprint density at radius 1 is 0.646 bits per heavy atom. The second-order valence-electron chi connectivity index (χ2n) is 21.3. The van der Waals surface area contributed by atoms with Crippen LogP contribution in [0.15, 0.2) is 140 Å². The average molecular weight is 864 g/mol. The van der Waals surface area contributed by atoms with Crippen LogP contribution in [0.2, 0.25) is 0 Å². The number of aromatic nitrogens is 1. The number of nitrogens with zero attached hydrogens (tertiary/aromatic N) is 1. The van der Waals surface area contributed by atoms with Crippen LogP contribution in [-0.2, 0) is 22.7 Å². The van der Waals surface area contributed by atoms with E-state index in [1.165, 1.54) is 136 Å². The molecule has 1 aliphatic heterocycles. The summed E-state index contributed by atoms with van der Waals surface area (Å²) in [5.74, 6) is 0. The topological polar surface area (TPSA) is 17.0 Å². The van der Waals surface area contributed by atoms with Gasteiger partial charge in [-0.05, 0) is 151 Å². The van der Waals surface area contributed by atoms with Gasteiger partial charge in [0.05, 0.1) is 11.2 Å².